The Morgan fingerprint density at radius 3 is 2.81 bits per heavy atom. The maximum absolute atomic E-state index is 12.6. The average molecular weight is 342 g/mol. The third kappa shape index (κ3) is 2.70. The van der Waals surface area contributed by atoms with E-state index in [0.717, 1.165) is 11.3 Å². The van der Waals surface area contributed by atoms with E-state index in [1.807, 2.05) is 47.0 Å². The molecule has 0 aliphatic carbocycles. The number of nitriles is 1. The first-order valence-electron chi connectivity index (χ1n) is 7.93. The van der Waals surface area contributed by atoms with Gasteiger partial charge in [-0.3, -0.25) is 9.48 Å². The molecule has 1 N–H and O–H groups in total. The van der Waals surface area contributed by atoms with Crippen molar-refractivity contribution in [2.75, 3.05) is 5.32 Å². The lowest BCUT2D eigenvalue weighted by atomic mass is 10.2. The second kappa shape index (κ2) is 6.18. The summed E-state index contributed by atoms with van der Waals surface area (Å²) in [6.45, 7) is 0. The summed E-state index contributed by atoms with van der Waals surface area (Å²) in [5.41, 5.74) is 3.28. The first-order valence-corrected chi connectivity index (χ1v) is 7.93. The molecule has 0 saturated carbocycles. The van der Waals surface area contributed by atoms with E-state index in [4.69, 9.17) is 5.26 Å². The number of carbonyl (C=O) groups excluding carboxylic acids is 1. The standard InChI is InChI=1S/C19H14N6O/c1-24-18(15(10-20)11-21-24)23-19(26)14-7-8-25-12-16(22-17(25)9-14)13-5-3-2-4-6-13/h2-9,11-12H,1H3,(H,23,26). The van der Waals surface area contributed by atoms with Crippen LogP contribution in [-0.4, -0.2) is 25.1 Å². The van der Waals surface area contributed by atoms with Gasteiger partial charge in [0.15, 0.2) is 0 Å². The van der Waals surface area contributed by atoms with Crippen molar-refractivity contribution in [2.45, 2.75) is 0 Å². The molecule has 0 atom stereocenters. The Bertz CT molecular complexity index is 1150. The molecular weight excluding hydrogens is 328 g/mol. The molecule has 0 radical (unpaired) electrons. The number of aryl methyl sites for hydroxylation is 1. The van der Waals surface area contributed by atoms with Crippen molar-refractivity contribution in [1.82, 2.24) is 19.2 Å². The van der Waals surface area contributed by atoms with Crippen LogP contribution in [0, 0.1) is 11.3 Å². The predicted molar refractivity (Wildman–Crippen MR) is 96.5 cm³/mol. The quantitative estimate of drug-likeness (QED) is 0.620. The van der Waals surface area contributed by atoms with Crippen LogP contribution in [0.4, 0.5) is 5.82 Å². The lowest BCUT2D eigenvalue weighted by Crippen LogP contribution is -2.15. The number of benzene rings is 1. The van der Waals surface area contributed by atoms with Crippen LogP contribution in [0.25, 0.3) is 16.9 Å². The second-order valence-corrected chi connectivity index (χ2v) is 5.77. The van der Waals surface area contributed by atoms with Gasteiger partial charge in [0.25, 0.3) is 5.91 Å². The van der Waals surface area contributed by atoms with Crippen molar-refractivity contribution >= 4 is 17.4 Å². The number of fused-ring (bicyclic) bond motifs is 1. The van der Waals surface area contributed by atoms with Crippen LogP contribution < -0.4 is 5.32 Å². The normalized spacial score (nSPS) is 10.6. The highest BCUT2D eigenvalue weighted by Gasteiger charge is 2.14. The van der Waals surface area contributed by atoms with Crippen molar-refractivity contribution in [3.05, 3.63) is 72.2 Å². The fourth-order valence-corrected chi connectivity index (χ4v) is 2.72. The summed E-state index contributed by atoms with van der Waals surface area (Å²) in [6, 6.07) is 15.3. The van der Waals surface area contributed by atoms with E-state index in [1.165, 1.54) is 10.9 Å². The molecule has 0 saturated heterocycles. The number of nitrogens with one attached hydrogen (secondary N) is 1. The van der Waals surface area contributed by atoms with Crippen molar-refractivity contribution < 1.29 is 4.79 Å². The molecule has 0 fully saturated rings. The van der Waals surface area contributed by atoms with Gasteiger partial charge in [0.2, 0.25) is 0 Å². The van der Waals surface area contributed by atoms with Gasteiger partial charge in [0.1, 0.15) is 23.1 Å². The summed E-state index contributed by atoms with van der Waals surface area (Å²) >= 11 is 0. The molecule has 0 aliphatic heterocycles. The zero-order valence-corrected chi connectivity index (χ0v) is 13.9. The Morgan fingerprint density at radius 1 is 1.23 bits per heavy atom. The number of amides is 1. The summed E-state index contributed by atoms with van der Waals surface area (Å²) in [4.78, 5) is 17.1. The smallest absolute Gasteiger partial charge is 0.257 e. The Balaban J connectivity index is 1.66. The highest BCUT2D eigenvalue weighted by molar-refractivity contribution is 6.04. The number of nitrogens with zero attached hydrogens (tertiary/aromatic N) is 5. The molecule has 3 heterocycles. The third-order valence-electron chi connectivity index (χ3n) is 4.08. The van der Waals surface area contributed by atoms with Crippen molar-refractivity contribution in [3.8, 4) is 17.3 Å². The molecular formula is C19H14N6O. The molecule has 0 spiro atoms. The molecule has 7 heteroatoms. The molecule has 1 aromatic carbocycles. The fourth-order valence-electron chi connectivity index (χ4n) is 2.72. The second-order valence-electron chi connectivity index (χ2n) is 5.77. The van der Waals surface area contributed by atoms with E-state index in [1.54, 1.807) is 25.4 Å². The minimum absolute atomic E-state index is 0.314. The number of imidazole rings is 1. The minimum Gasteiger partial charge on any atom is -0.306 e. The van der Waals surface area contributed by atoms with Crippen molar-refractivity contribution in [1.29, 1.82) is 5.26 Å². The summed E-state index contributed by atoms with van der Waals surface area (Å²) in [6.07, 6.45) is 5.12. The molecule has 3 aromatic heterocycles. The van der Waals surface area contributed by atoms with Crippen LogP contribution in [0.3, 0.4) is 0 Å². The van der Waals surface area contributed by atoms with Crippen molar-refractivity contribution in [3.63, 3.8) is 0 Å². The van der Waals surface area contributed by atoms with Crippen LogP contribution in [-0.2, 0) is 7.05 Å². The molecule has 0 unspecified atom stereocenters. The topological polar surface area (TPSA) is 88.0 Å². The fraction of sp³-hybridized carbons (Fsp3) is 0.0526. The predicted octanol–water partition coefficient (Wildman–Crippen LogP) is 2.86. The van der Waals surface area contributed by atoms with Crippen LogP contribution >= 0.6 is 0 Å². The first kappa shape index (κ1) is 15.6. The zero-order chi connectivity index (χ0) is 18.1. The molecule has 1 amide bonds. The van der Waals surface area contributed by atoms with E-state index in [0.29, 0.717) is 22.6 Å². The van der Waals surface area contributed by atoms with Gasteiger partial charge >= 0.3 is 0 Å². The van der Waals surface area contributed by atoms with Gasteiger partial charge in [-0.15, -0.1) is 0 Å². The third-order valence-corrected chi connectivity index (χ3v) is 4.08. The average Bonchev–Trinajstić information content (AvgIpc) is 3.25. The van der Waals surface area contributed by atoms with Crippen LogP contribution in [0.1, 0.15) is 15.9 Å². The molecule has 7 nitrogen and oxygen atoms in total. The van der Waals surface area contributed by atoms with Gasteiger partial charge in [0.05, 0.1) is 11.9 Å². The van der Waals surface area contributed by atoms with E-state index < -0.39 is 0 Å². The molecule has 126 valence electrons. The number of aromatic nitrogens is 4. The zero-order valence-electron chi connectivity index (χ0n) is 13.9. The summed E-state index contributed by atoms with van der Waals surface area (Å²) in [5, 5.41) is 15.8. The highest BCUT2D eigenvalue weighted by Crippen LogP contribution is 2.20. The largest absolute Gasteiger partial charge is 0.306 e. The van der Waals surface area contributed by atoms with Crippen LogP contribution in [0.15, 0.2) is 61.1 Å². The monoisotopic (exact) mass is 342 g/mol. The number of hydrogen-bond donors (Lipinski definition) is 1. The molecule has 26 heavy (non-hydrogen) atoms. The summed E-state index contributed by atoms with van der Waals surface area (Å²) in [7, 11) is 1.67. The molecule has 4 rings (SSSR count). The SMILES string of the molecule is Cn1ncc(C#N)c1NC(=O)c1ccn2cc(-c3ccccc3)nc2c1. The maximum atomic E-state index is 12.6. The van der Waals surface area contributed by atoms with Gasteiger partial charge in [-0.2, -0.15) is 10.4 Å². The summed E-state index contributed by atoms with van der Waals surface area (Å²) < 4.78 is 3.32. The van der Waals surface area contributed by atoms with Crippen LogP contribution in [0.5, 0.6) is 0 Å². The van der Waals surface area contributed by atoms with Gasteiger partial charge < -0.3 is 9.72 Å². The van der Waals surface area contributed by atoms with E-state index in [9.17, 15) is 4.79 Å². The van der Waals surface area contributed by atoms with E-state index in [2.05, 4.69) is 15.4 Å². The van der Waals surface area contributed by atoms with Crippen LogP contribution in [0.2, 0.25) is 0 Å². The molecule has 4 aromatic rings. The van der Waals surface area contributed by atoms with E-state index in [-0.39, 0.29) is 5.91 Å². The lowest BCUT2D eigenvalue weighted by molar-refractivity contribution is 0.102. The van der Waals surface area contributed by atoms with Gasteiger partial charge in [-0.1, -0.05) is 30.3 Å². The van der Waals surface area contributed by atoms with Gasteiger partial charge in [-0.05, 0) is 12.1 Å². The number of anilines is 1. The van der Waals surface area contributed by atoms with Crippen molar-refractivity contribution in [2.24, 2.45) is 7.05 Å². The number of rotatable bonds is 3. The maximum Gasteiger partial charge on any atom is 0.257 e. The Kier molecular flexibility index (Phi) is 3.71. The summed E-state index contributed by atoms with van der Waals surface area (Å²) in [5.74, 6) is 0.0440. The Hall–Kier alpha value is -3.92. The number of carbonyl (C=O) groups is 1. The highest BCUT2D eigenvalue weighted by atomic mass is 16.1. The number of pyridine rings is 1. The molecule has 0 aliphatic rings. The molecule has 0 bridgehead atoms. The van der Waals surface area contributed by atoms with Gasteiger partial charge in [-0.25, -0.2) is 4.98 Å². The lowest BCUT2D eigenvalue weighted by Gasteiger charge is -2.06. The van der Waals surface area contributed by atoms with Gasteiger partial charge in [0, 0.05) is 30.6 Å². The first-order chi connectivity index (χ1) is 12.7. The Morgan fingerprint density at radius 2 is 2.04 bits per heavy atom. The Labute approximate surface area is 149 Å². The number of hydrogen-bond acceptors (Lipinski definition) is 4. The minimum atomic E-state index is -0.322. The van der Waals surface area contributed by atoms with E-state index >= 15 is 0 Å².